The van der Waals surface area contributed by atoms with Crippen molar-refractivity contribution in [2.24, 2.45) is 0 Å². The van der Waals surface area contributed by atoms with Crippen LogP contribution in [0.25, 0.3) is 0 Å². The number of sulfonamides is 1. The summed E-state index contributed by atoms with van der Waals surface area (Å²) in [5, 5.41) is 3.28. The van der Waals surface area contributed by atoms with Gasteiger partial charge in [-0.25, -0.2) is 8.42 Å². The van der Waals surface area contributed by atoms with Crippen molar-refractivity contribution in [1.29, 1.82) is 0 Å². The number of hydrogen-bond donors (Lipinski definition) is 1. The van der Waals surface area contributed by atoms with Gasteiger partial charge in [-0.1, -0.05) is 23.2 Å². The molecule has 7 nitrogen and oxygen atoms in total. The molecular weight excluding hydrogens is 427 g/mol. The van der Waals surface area contributed by atoms with Crippen LogP contribution in [-0.4, -0.2) is 39.8 Å². The molecule has 0 saturated carbocycles. The van der Waals surface area contributed by atoms with Crippen LogP contribution < -0.4 is 19.1 Å². The van der Waals surface area contributed by atoms with Crippen molar-refractivity contribution in [2.75, 3.05) is 35.1 Å². The van der Waals surface area contributed by atoms with Crippen molar-refractivity contribution in [3.63, 3.8) is 0 Å². The maximum absolute atomic E-state index is 12.6. The van der Waals surface area contributed by atoms with E-state index >= 15 is 0 Å². The van der Waals surface area contributed by atoms with Gasteiger partial charge < -0.3 is 14.8 Å². The normalized spacial score (nSPS) is 13.1. The van der Waals surface area contributed by atoms with Crippen LogP contribution in [0.4, 0.5) is 11.4 Å². The molecule has 1 aliphatic heterocycles. The second kappa shape index (κ2) is 8.46. The molecular formula is C18H18Cl2N2O5S. The third kappa shape index (κ3) is 4.63. The Labute approximate surface area is 173 Å². The first-order valence-corrected chi connectivity index (χ1v) is 10.8. The van der Waals surface area contributed by atoms with Crippen LogP contribution in [0.15, 0.2) is 36.4 Å². The lowest BCUT2D eigenvalue weighted by atomic mass is 10.2. The fourth-order valence-electron chi connectivity index (χ4n) is 2.61. The van der Waals surface area contributed by atoms with Gasteiger partial charge in [0.2, 0.25) is 15.9 Å². The van der Waals surface area contributed by atoms with Gasteiger partial charge in [-0.05, 0) is 37.3 Å². The SMILES string of the molecule is CCS(=O)(=O)N(CC(=O)Nc1cc(Cl)ccc1Cl)c1ccc2c(c1)OCCO2. The summed E-state index contributed by atoms with van der Waals surface area (Å²) in [5.74, 6) is 0.223. The first kappa shape index (κ1) is 20.6. The van der Waals surface area contributed by atoms with E-state index in [1.165, 1.54) is 13.0 Å². The predicted molar refractivity (Wildman–Crippen MR) is 109 cm³/mol. The topological polar surface area (TPSA) is 84.9 Å². The number of rotatable bonds is 6. The highest BCUT2D eigenvalue weighted by Gasteiger charge is 2.25. The lowest BCUT2D eigenvalue weighted by molar-refractivity contribution is -0.114. The largest absolute Gasteiger partial charge is 0.486 e. The molecule has 1 amide bonds. The van der Waals surface area contributed by atoms with Crippen LogP contribution >= 0.6 is 23.2 Å². The summed E-state index contributed by atoms with van der Waals surface area (Å²) in [6.07, 6.45) is 0. The summed E-state index contributed by atoms with van der Waals surface area (Å²) in [5.41, 5.74) is 0.605. The molecule has 0 radical (unpaired) electrons. The highest BCUT2D eigenvalue weighted by Crippen LogP contribution is 2.35. The van der Waals surface area contributed by atoms with Crippen molar-refractivity contribution in [1.82, 2.24) is 0 Å². The molecule has 0 fully saturated rings. The number of nitrogens with one attached hydrogen (secondary N) is 1. The molecule has 0 atom stereocenters. The number of halogens is 2. The van der Waals surface area contributed by atoms with Crippen molar-refractivity contribution in [2.45, 2.75) is 6.92 Å². The molecule has 0 aromatic heterocycles. The molecule has 1 N–H and O–H groups in total. The van der Waals surface area contributed by atoms with Crippen molar-refractivity contribution < 1.29 is 22.7 Å². The minimum atomic E-state index is -3.73. The van der Waals surface area contributed by atoms with E-state index in [9.17, 15) is 13.2 Å². The summed E-state index contributed by atoms with van der Waals surface area (Å²) in [6, 6.07) is 9.35. The number of hydrogen-bond acceptors (Lipinski definition) is 5. The number of fused-ring (bicyclic) bond motifs is 1. The highest BCUT2D eigenvalue weighted by atomic mass is 35.5. The zero-order valence-electron chi connectivity index (χ0n) is 14.9. The second-order valence-electron chi connectivity index (χ2n) is 5.91. The maximum atomic E-state index is 12.6. The molecule has 2 aromatic carbocycles. The number of amides is 1. The first-order chi connectivity index (χ1) is 13.3. The van der Waals surface area contributed by atoms with Crippen LogP contribution in [0.5, 0.6) is 11.5 Å². The van der Waals surface area contributed by atoms with Crippen molar-refractivity contribution >= 4 is 50.5 Å². The van der Waals surface area contributed by atoms with Gasteiger partial charge in [0, 0.05) is 11.1 Å². The third-order valence-electron chi connectivity index (χ3n) is 4.00. The molecule has 2 aromatic rings. The molecule has 28 heavy (non-hydrogen) atoms. The van der Waals surface area contributed by atoms with Gasteiger partial charge in [0.15, 0.2) is 11.5 Å². The van der Waals surface area contributed by atoms with E-state index in [4.69, 9.17) is 32.7 Å². The number of ether oxygens (including phenoxy) is 2. The molecule has 0 spiro atoms. The average molecular weight is 445 g/mol. The fraction of sp³-hybridized carbons (Fsp3) is 0.278. The van der Waals surface area contributed by atoms with E-state index in [0.29, 0.717) is 46.1 Å². The second-order valence-corrected chi connectivity index (χ2v) is 8.93. The summed E-state index contributed by atoms with van der Waals surface area (Å²) in [4.78, 5) is 12.5. The third-order valence-corrected chi connectivity index (χ3v) is 6.31. The standard InChI is InChI=1S/C18H18Cl2N2O5S/c1-2-28(24,25)22(13-4-6-16-17(10-13)27-8-7-26-16)11-18(23)21-15-9-12(19)3-5-14(15)20/h3-6,9-10H,2,7-8,11H2,1H3,(H,21,23). The molecule has 1 heterocycles. The summed E-state index contributed by atoms with van der Waals surface area (Å²) >= 11 is 12.0. The zero-order valence-corrected chi connectivity index (χ0v) is 17.3. The Hall–Kier alpha value is -2.16. The van der Waals surface area contributed by atoms with Crippen LogP contribution in [0.1, 0.15) is 6.92 Å². The molecule has 3 rings (SSSR count). The summed E-state index contributed by atoms with van der Waals surface area (Å²) < 4.78 is 37.2. The summed E-state index contributed by atoms with van der Waals surface area (Å²) in [7, 11) is -3.73. The predicted octanol–water partition coefficient (Wildman–Crippen LogP) is 3.56. The van der Waals surface area contributed by atoms with Crippen LogP contribution in [0, 0.1) is 0 Å². The molecule has 1 aliphatic rings. The number of carbonyl (C=O) groups is 1. The van der Waals surface area contributed by atoms with Crippen LogP contribution in [0.2, 0.25) is 10.0 Å². The van der Waals surface area contributed by atoms with Gasteiger partial charge in [-0.2, -0.15) is 0 Å². The van der Waals surface area contributed by atoms with Gasteiger partial charge in [0.05, 0.1) is 22.2 Å². The molecule has 150 valence electrons. The van der Waals surface area contributed by atoms with E-state index in [2.05, 4.69) is 5.32 Å². The monoisotopic (exact) mass is 444 g/mol. The van der Waals surface area contributed by atoms with E-state index in [1.54, 1.807) is 30.3 Å². The Morgan fingerprint density at radius 1 is 1.11 bits per heavy atom. The van der Waals surface area contributed by atoms with E-state index < -0.39 is 22.5 Å². The Morgan fingerprint density at radius 3 is 2.54 bits per heavy atom. The van der Waals surface area contributed by atoms with Crippen LogP contribution in [-0.2, 0) is 14.8 Å². The van der Waals surface area contributed by atoms with E-state index in [1.807, 2.05) is 0 Å². The molecule has 0 bridgehead atoms. The Kier molecular flexibility index (Phi) is 6.22. The number of carbonyl (C=O) groups excluding carboxylic acids is 1. The van der Waals surface area contributed by atoms with Gasteiger partial charge in [0.25, 0.3) is 0 Å². The van der Waals surface area contributed by atoms with Crippen LogP contribution in [0.3, 0.4) is 0 Å². The van der Waals surface area contributed by atoms with E-state index in [0.717, 1.165) is 4.31 Å². The van der Waals surface area contributed by atoms with Crippen molar-refractivity contribution in [3.8, 4) is 11.5 Å². The molecule has 0 saturated heterocycles. The number of benzene rings is 2. The highest BCUT2D eigenvalue weighted by molar-refractivity contribution is 7.92. The Morgan fingerprint density at radius 2 is 1.82 bits per heavy atom. The molecule has 0 aliphatic carbocycles. The zero-order chi connectivity index (χ0) is 20.3. The quantitative estimate of drug-likeness (QED) is 0.735. The first-order valence-electron chi connectivity index (χ1n) is 8.45. The molecule has 0 unspecified atom stereocenters. The fourth-order valence-corrected chi connectivity index (χ4v) is 4.00. The molecule has 10 heteroatoms. The van der Waals surface area contributed by atoms with Crippen molar-refractivity contribution in [3.05, 3.63) is 46.4 Å². The van der Waals surface area contributed by atoms with Gasteiger partial charge in [-0.15, -0.1) is 0 Å². The van der Waals surface area contributed by atoms with Gasteiger partial charge >= 0.3 is 0 Å². The van der Waals surface area contributed by atoms with E-state index in [-0.39, 0.29) is 5.75 Å². The minimum absolute atomic E-state index is 0.174. The average Bonchev–Trinajstić information content (AvgIpc) is 2.68. The lowest BCUT2D eigenvalue weighted by Crippen LogP contribution is -2.39. The van der Waals surface area contributed by atoms with Gasteiger partial charge in [-0.3, -0.25) is 9.10 Å². The number of nitrogens with zero attached hydrogens (tertiary/aromatic N) is 1. The van der Waals surface area contributed by atoms with Gasteiger partial charge in [0.1, 0.15) is 19.8 Å². The summed E-state index contributed by atoms with van der Waals surface area (Å²) in [6.45, 7) is 1.86. The smallest absolute Gasteiger partial charge is 0.245 e. The lowest BCUT2D eigenvalue weighted by Gasteiger charge is -2.25. The minimum Gasteiger partial charge on any atom is -0.486 e. The number of anilines is 2. The Bertz CT molecular complexity index is 997. The maximum Gasteiger partial charge on any atom is 0.245 e. The Balaban J connectivity index is 1.87.